The number of rotatable bonds is 4. The molecule has 0 aliphatic heterocycles. The molecule has 29 heavy (non-hydrogen) atoms. The summed E-state index contributed by atoms with van der Waals surface area (Å²) in [5, 5.41) is 12.0. The lowest BCUT2D eigenvalue weighted by Gasteiger charge is -2.13. The van der Waals surface area contributed by atoms with E-state index in [2.05, 4.69) is 20.3 Å². The number of phenolic OH excluding ortho intramolecular Hbond substituents is 1. The van der Waals surface area contributed by atoms with E-state index < -0.39 is 8.63 Å². The zero-order valence-corrected chi connectivity index (χ0v) is 18.1. The van der Waals surface area contributed by atoms with Crippen molar-refractivity contribution in [1.82, 2.24) is 15.0 Å². The highest BCUT2D eigenvalue weighted by Crippen LogP contribution is 2.37. The van der Waals surface area contributed by atoms with Gasteiger partial charge in [-0.25, -0.2) is 15.0 Å². The first kappa shape index (κ1) is 21.9. The van der Waals surface area contributed by atoms with Crippen molar-refractivity contribution in [3.8, 4) is 17.1 Å². The Kier molecular flexibility index (Phi) is 6.71. The van der Waals surface area contributed by atoms with E-state index in [1.54, 1.807) is 24.3 Å². The van der Waals surface area contributed by atoms with Gasteiger partial charge in [0.1, 0.15) is 5.75 Å². The molecule has 1 amide bonds. The number of nitrogens with one attached hydrogen (secondary N) is 1. The number of halogens is 5. The van der Waals surface area contributed by atoms with Crippen molar-refractivity contribution in [3.63, 3.8) is 0 Å². The van der Waals surface area contributed by atoms with E-state index in [1.165, 1.54) is 24.3 Å². The van der Waals surface area contributed by atoms with Crippen LogP contribution in [0.4, 0.5) is 5.69 Å². The summed E-state index contributed by atoms with van der Waals surface area (Å²) in [7, 11) is 0. The van der Waals surface area contributed by atoms with Crippen LogP contribution in [0.5, 0.6) is 5.75 Å². The van der Waals surface area contributed by atoms with Crippen molar-refractivity contribution in [2.45, 2.75) is 8.63 Å². The molecule has 6 nitrogen and oxygen atoms in total. The highest BCUT2D eigenvalue weighted by atomic mass is 35.6. The largest absolute Gasteiger partial charge is 0.508 e. The fourth-order valence-corrected chi connectivity index (χ4v) is 2.71. The molecule has 0 aliphatic rings. The topological polar surface area (TPSA) is 88.0 Å². The standard InChI is InChI=1S/C18H11Cl5N4O2/c19-13(20)15-25-14(26-17(27-15)18(21,22)23)9-1-5-11(6-2-9)24-16(29)10-3-7-12(28)8-4-10/h1-8,13,28H,(H,24,29). The first-order chi connectivity index (χ1) is 13.6. The second kappa shape index (κ2) is 8.90. The first-order valence-electron chi connectivity index (χ1n) is 7.95. The van der Waals surface area contributed by atoms with Crippen LogP contribution in [-0.2, 0) is 3.79 Å². The van der Waals surface area contributed by atoms with Gasteiger partial charge in [0.25, 0.3) is 5.91 Å². The van der Waals surface area contributed by atoms with Crippen LogP contribution < -0.4 is 5.32 Å². The molecule has 3 rings (SSSR count). The van der Waals surface area contributed by atoms with Gasteiger partial charge in [-0.05, 0) is 48.5 Å². The maximum absolute atomic E-state index is 12.3. The van der Waals surface area contributed by atoms with Gasteiger partial charge in [0, 0.05) is 16.8 Å². The lowest BCUT2D eigenvalue weighted by atomic mass is 10.1. The van der Waals surface area contributed by atoms with Crippen LogP contribution in [0.3, 0.4) is 0 Å². The summed E-state index contributed by atoms with van der Waals surface area (Å²) in [5.74, 6) is -0.110. The van der Waals surface area contributed by atoms with Crippen molar-refractivity contribution >= 4 is 69.6 Å². The van der Waals surface area contributed by atoms with Crippen LogP contribution in [0.2, 0.25) is 0 Å². The molecule has 0 radical (unpaired) electrons. The molecule has 0 bridgehead atoms. The smallest absolute Gasteiger partial charge is 0.255 e. The Morgan fingerprint density at radius 2 is 1.55 bits per heavy atom. The molecule has 0 saturated carbocycles. The first-order valence-corrected chi connectivity index (χ1v) is 9.96. The van der Waals surface area contributed by atoms with Gasteiger partial charge in [0.05, 0.1) is 0 Å². The predicted octanol–water partition coefficient (Wildman–Crippen LogP) is 5.80. The van der Waals surface area contributed by atoms with Crippen molar-refractivity contribution in [3.05, 3.63) is 65.7 Å². The van der Waals surface area contributed by atoms with Crippen LogP contribution in [0.15, 0.2) is 48.5 Å². The molecule has 2 aromatic carbocycles. The lowest BCUT2D eigenvalue weighted by Crippen LogP contribution is -2.13. The van der Waals surface area contributed by atoms with E-state index in [1.807, 2.05) is 0 Å². The minimum atomic E-state index is -1.88. The van der Waals surface area contributed by atoms with Gasteiger partial charge in [-0.1, -0.05) is 58.0 Å². The molecule has 1 aromatic heterocycles. The zero-order chi connectivity index (χ0) is 21.2. The van der Waals surface area contributed by atoms with Crippen molar-refractivity contribution in [2.75, 3.05) is 5.32 Å². The average molecular weight is 493 g/mol. The maximum Gasteiger partial charge on any atom is 0.255 e. The van der Waals surface area contributed by atoms with Gasteiger partial charge in [0.2, 0.25) is 3.79 Å². The van der Waals surface area contributed by atoms with Gasteiger partial charge >= 0.3 is 0 Å². The number of anilines is 1. The van der Waals surface area contributed by atoms with Crippen LogP contribution in [0, 0.1) is 0 Å². The van der Waals surface area contributed by atoms with E-state index in [0.29, 0.717) is 16.8 Å². The summed E-state index contributed by atoms with van der Waals surface area (Å²) in [6, 6.07) is 12.5. The molecule has 0 saturated heterocycles. The number of alkyl halides is 5. The fraction of sp³-hybridized carbons (Fsp3) is 0.111. The number of benzene rings is 2. The summed E-state index contributed by atoms with van der Waals surface area (Å²) in [4.78, 5) is 23.5. The van der Waals surface area contributed by atoms with Crippen molar-refractivity contribution in [2.24, 2.45) is 0 Å². The Balaban J connectivity index is 1.85. The number of aromatic hydroxyl groups is 1. The monoisotopic (exact) mass is 490 g/mol. The van der Waals surface area contributed by atoms with Crippen LogP contribution >= 0.6 is 58.0 Å². The van der Waals surface area contributed by atoms with Crippen LogP contribution in [0.1, 0.15) is 26.8 Å². The SMILES string of the molecule is O=C(Nc1ccc(-c2nc(C(Cl)Cl)nc(C(Cl)(Cl)Cl)n2)cc1)c1ccc(O)cc1. The van der Waals surface area contributed by atoms with Gasteiger partial charge in [-0.15, -0.1) is 0 Å². The van der Waals surface area contributed by atoms with Gasteiger partial charge in [0.15, 0.2) is 22.3 Å². The molecule has 0 aliphatic carbocycles. The molecule has 0 fully saturated rings. The minimum absolute atomic E-state index is 0.0457. The third-order valence-corrected chi connectivity index (χ3v) is 4.53. The second-order valence-corrected chi connectivity index (χ2v) is 9.10. The minimum Gasteiger partial charge on any atom is -0.508 e. The molecule has 2 N–H and O–H groups in total. The quantitative estimate of drug-likeness (QED) is 0.450. The third-order valence-electron chi connectivity index (χ3n) is 3.63. The van der Waals surface area contributed by atoms with Crippen LogP contribution in [0.25, 0.3) is 11.4 Å². The molecule has 0 spiro atoms. The molecule has 11 heteroatoms. The molecule has 150 valence electrons. The van der Waals surface area contributed by atoms with Crippen LogP contribution in [-0.4, -0.2) is 26.0 Å². The van der Waals surface area contributed by atoms with E-state index in [9.17, 15) is 9.90 Å². The number of hydrogen-bond donors (Lipinski definition) is 2. The Bertz CT molecular complexity index is 1020. The van der Waals surface area contributed by atoms with Crippen molar-refractivity contribution < 1.29 is 9.90 Å². The van der Waals surface area contributed by atoms with Gasteiger partial charge in [-0.2, -0.15) is 0 Å². The Morgan fingerprint density at radius 1 is 0.931 bits per heavy atom. The molecule has 0 atom stereocenters. The summed E-state index contributed by atoms with van der Waals surface area (Å²) in [5.41, 5.74) is 1.51. The summed E-state index contributed by atoms with van der Waals surface area (Å²) >= 11 is 29.3. The molecule has 1 heterocycles. The number of nitrogens with zero attached hydrogens (tertiary/aromatic N) is 3. The third kappa shape index (κ3) is 5.62. The average Bonchev–Trinajstić information content (AvgIpc) is 2.68. The maximum atomic E-state index is 12.3. The Labute approximate surface area is 190 Å². The molecular weight excluding hydrogens is 481 g/mol. The fourth-order valence-electron chi connectivity index (χ4n) is 2.26. The molecule has 0 unspecified atom stereocenters. The Morgan fingerprint density at radius 3 is 2.10 bits per heavy atom. The lowest BCUT2D eigenvalue weighted by molar-refractivity contribution is 0.102. The van der Waals surface area contributed by atoms with E-state index in [-0.39, 0.29) is 29.1 Å². The predicted molar refractivity (Wildman–Crippen MR) is 115 cm³/mol. The Hall–Kier alpha value is -1.83. The summed E-state index contributed by atoms with van der Waals surface area (Å²) < 4.78 is -1.88. The van der Waals surface area contributed by atoms with E-state index >= 15 is 0 Å². The normalized spacial score (nSPS) is 11.5. The highest BCUT2D eigenvalue weighted by molar-refractivity contribution is 6.66. The highest BCUT2D eigenvalue weighted by Gasteiger charge is 2.29. The molecule has 3 aromatic rings. The zero-order valence-electron chi connectivity index (χ0n) is 14.3. The number of carbonyl (C=O) groups excluding carboxylic acids is 1. The van der Waals surface area contributed by atoms with E-state index in [0.717, 1.165) is 0 Å². The molecular formula is C18H11Cl5N4O2. The van der Waals surface area contributed by atoms with Gasteiger partial charge < -0.3 is 10.4 Å². The summed E-state index contributed by atoms with van der Waals surface area (Å²) in [6.07, 6.45) is 0. The second-order valence-electron chi connectivity index (χ2n) is 5.72. The van der Waals surface area contributed by atoms with E-state index in [4.69, 9.17) is 58.0 Å². The number of phenols is 1. The van der Waals surface area contributed by atoms with Crippen molar-refractivity contribution in [1.29, 1.82) is 0 Å². The number of hydrogen-bond acceptors (Lipinski definition) is 5. The number of aromatic nitrogens is 3. The number of amides is 1. The van der Waals surface area contributed by atoms with Gasteiger partial charge in [-0.3, -0.25) is 4.79 Å². The number of carbonyl (C=O) groups is 1. The summed E-state index contributed by atoms with van der Waals surface area (Å²) in [6.45, 7) is 0.